The fraction of sp³-hybridized carbons (Fsp3) is 0.714. The normalized spacial score (nSPS) is 12.9. The van der Waals surface area contributed by atoms with Gasteiger partial charge in [-0.25, -0.2) is 0 Å². The van der Waals surface area contributed by atoms with Crippen LogP contribution in [0.4, 0.5) is 0 Å². The van der Waals surface area contributed by atoms with E-state index in [0.717, 1.165) is 103 Å². The fourth-order valence-corrected chi connectivity index (χ4v) is 5.95. The number of allylic oxidation sites excluding steroid dienone is 12. The van der Waals surface area contributed by atoms with Crippen molar-refractivity contribution in [1.82, 2.24) is 0 Å². The topological polar surface area (TPSA) is 61.8 Å². The van der Waals surface area contributed by atoms with E-state index in [9.17, 15) is 9.59 Å². The molecule has 0 bridgehead atoms. The monoisotopic (exact) mass is 753 g/mol. The predicted molar refractivity (Wildman–Crippen MR) is 233 cm³/mol. The molecule has 0 heterocycles. The van der Waals surface area contributed by atoms with Gasteiger partial charge in [0.2, 0.25) is 0 Å². The van der Waals surface area contributed by atoms with Crippen LogP contribution in [-0.4, -0.2) is 37.9 Å². The second-order valence-electron chi connectivity index (χ2n) is 14.5. The maximum absolute atomic E-state index is 12.6. The van der Waals surface area contributed by atoms with Crippen molar-refractivity contribution in [2.75, 3.05) is 19.8 Å². The third-order valence-corrected chi connectivity index (χ3v) is 9.24. The molecule has 0 saturated heterocycles. The molecule has 1 atom stereocenters. The molecular formula is C49H84O5. The Morgan fingerprint density at radius 3 is 1.33 bits per heavy atom. The van der Waals surface area contributed by atoms with E-state index in [1.165, 1.54) is 64.2 Å². The number of esters is 2. The van der Waals surface area contributed by atoms with E-state index in [0.29, 0.717) is 19.4 Å². The zero-order chi connectivity index (χ0) is 39.3. The Morgan fingerprint density at radius 1 is 0.426 bits per heavy atom. The van der Waals surface area contributed by atoms with Crippen molar-refractivity contribution in [2.24, 2.45) is 0 Å². The average molecular weight is 753 g/mol. The van der Waals surface area contributed by atoms with Gasteiger partial charge in [-0.05, 0) is 83.5 Å². The molecule has 0 N–H and O–H groups in total. The van der Waals surface area contributed by atoms with Crippen molar-refractivity contribution < 1.29 is 23.8 Å². The Hall–Kier alpha value is -2.66. The molecule has 0 saturated carbocycles. The second-order valence-corrected chi connectivity index (χ2v) is 14.5. The molecule has 0 amide bonds. The molecule has 0 aromatic heterocycles. The van der Waals surface area contributed by atoms with E-state index in [-0.39, 0.29) is 25.2 Å². The molecule has 5 nitrogen and oxygen atoms in total. The highest BCUT2D eigenvalue weighted by molar-refractivity contribution is 5.70. The molecule has 0 spiro atoms. The molecule has 1 unspecified atom stereocenters. The first-order valence-corrected chi connectivity index (χ1v) is 22.5. The van der Waals surface area contributed by atoms with E-state index in [2.05, 4.69) is 93.7 Å². The highest BCUT2D eigenvalue weighted by Gasteiger charge is 2.17. The Morgan fingerprint density at radius 2 is 0.833 bits per heavy atom. The summed E-state index contributed by atoms with van der Waals surface area (Å²) in [6, 6.07) is 0. The van der Waals surface area contributed by atoms with Gasteiger partial charge in [0.25, 0.3) is 0 Å². The van der Waals surface area contributed by atoms with Crippen LogP contribution >= 0.6 is 0 Å². The van der Waals surface area contributed by atoms with Crippen LogP contribution in [0.3, 0.4) is 0 Å². The van der Waals surface area contributed by atoms with Crippen LogP contribution in [0.2, 0.25) is 0 Å². The van der Waals surface area contributed by atoms with Crippen LogP contribution in [0.1, 0.15) is 201 Å². The highest BCUT2D eigenvalue weighted by atomic mass is 16.6. The van der Waals surface area contributed by atoms with Gasteiger partial charge < -0.3 is 14.2 Å². The molecule has 0 radical (unpaired) electrons. The van der Waals surface area contributed by atoms with Gasteiger partial charge in [0, 0.05) is 19.4 Å². The summed E-state index contributed by atoms with van der Waals surface area (Å²) in [5, 5.41) is 0. The van der Waals surface area contributed by atoms with Crippen LogP contribution in [0.15, 0.2) is 72.9 Å². The van der Waals surface area contributed by atoms with Crippen molar-refractivity contribution in [3.8, 4) is 0 Å². The molecule has 54 heavy (non-hydrogen) atoms. The van der Waals surface area contributed by atoms with Crippen LogP contribution < -0.4 is 0 Å². The average Bonchev–Trinajstić information content (AvgIpc) is 3.17. The van der Waals surface area contributed by atoms with E-state index in [1.54, 1.807) is 0 Å². The third-order valence-electron chi connectivity index (χ3n) is 9.24. The lowest BCUT2D eigenvalue weighted by molar-refractivity contribution is -0.163. The van der Waals surface area contributed by atoms with Crippen LogP contribution in [0, 0.1) is 0 Å². The van der Waals surface area contributed by atoms with Crippen molar-refractivity contribution in [3.63, 3.8) is 0 Å². The van der Waals surface area contributed by atoms with Gasteiger partial charge in [-0.15, -0.1) is 0 Å². The van der Waals surface area contributed by atoms with Gasteiger partial charge in [-0.3, -0.25) is 9.59 Å². The highest BCUT2D eigenvalue weighted by Crippen LogP contribution is 2.13. The lowest BCUT2D eigenvalue weighted by atomic mass is 10.1. The summed E-state index contributed by atoms with van der Waals surface area (Å²) < 4.78 is 17.2. The number of rotatable bonds is 40. The zero-order valence-electron chi connectivity index (χ0n) is 35.5. The molecule has 0 aliphatic rings. The van der Waals surface area contributed by atoms with Crippen LogP contribution in [0.5, 0.6) is 0 Å². The lowest BCUT2D eigenvalue weighted by Crippen LogP contribution is -2.30. The van der Waals surface area contributed by atoms with Gasteiger partial charge in [0.05, 0.1) is 6.61 Å². The van der Waals surface area contributed by atoms with E-state index in [1.807, 2.05) is 0 Å². The Balaban J connectivity index is 4.20. The number of ether oxygens (including phenoxy) is 3. The van der Waals surface area contributed by atoms with Crippen molar-refractivity contribution in [2.45, 2.75) is 207 Å². The molecule has 0 aliphatic carbocycles. The molecule has 0 aromatic rings. The van der Waals surface area contributed by atoms with Gasteiger partial charge >= 0.3 is 11.9 Å². The Kier molecular flexibility index (Phi) is 42.5. The van der Waals surface area contributed by atoms with Gasteiger partial charge in [0.1, 0.15) is 6.61 Å². The minimum absolute atomic E-state index is 0.0690. The Labute approximate surface area is 334 Å². The molecule has 0 aliphatic heterocycles. The minimum atomic E-state index is -0.549. The van der Waals surface area contributed by atoms with E-state index < -0.39 is 6.10 Å². The zero-order valence-corrected chi connectivity index (χ0v) is 35.5. The summed E-state index contributed by atoms with van der Waals surface area (Å²) in [5.74, 6) is -0.430. The largest absolute Gasteiger partial charge is 0.462 e. The van der Waals surface area contributed by atoms with Gasteiger partial charge in [0.15, 0.2) is 6.10 Å². The Bertz CT molecular complexity index is 988. The molecular weight excluding hydrogens is 669 g/mol. The van der Waals surface area contributed by atoms with E-state index in [4.69, 9.17) is 14.2 Å². The number of hydrogen-bond acceptors (Lipinski definition) is 5. The molecule has 0 fully saturated rings. The van der Waals surface area contributed by atoms with Crippen LogP contribution in [0.25, 0.3) is 0 Å². The summed E-state index contributed by atoms with van der Waals surface area (Å²) in [6.07, 6.45) is 56.2. The molecule has 0 aromatic carbocycles. The van der Waals surface area contributed by atoms with Crippen LogP contribution in [-0.2, 0) is 23.8 Å². The first kappa shape index (κ1) is 51.3. The summed E-state index contributed by atoms with van der Waals surface area (Å²) in [5.41, 5.74) is 0. The number of carbonyl (C=O) groups is 2. The summed E-state index contributed by atoms with van der Waals surface area (Å²) in [6.45, 7) is 7.50. The smallest absolute Gasteiger partial charge is 0.306 e. The standard InChI is InChI=1S/C49H84O5/c1-4-7-10-13-16-18-20-22-24-25-26-27-29-31-34-36-39-42-48(50)53-46-47(54-49(51)43-40-37-33-15-12-9-6-3)45-52-44-41-38-35-32-30-28-23-21-19-17-14-11-8-5-2/h7-8,10-11,16-19,22-24,28,47H,4-6,9,12-15,20-21,25-27,29-46H2,1-3H3/b10-7-,11-8-,18-16-,19-17-,24-22-,28-23-. The van der Waals surface area contributed by atoms with Crippen molar-refractivity contribution >= 4 is 11.9 Å². The maximum Gasteiger partial charge on any atom is 0.306 e. The SMILES string of the molecule is CC/C=C\C/C=C\C/C=C\CCCCCCCCCC(=O)OCC(COCCCCCC/C=C\C/C=C\C/C=C\CC)OC(=O)CCCCCCCCC. The molecule has 0 rings (SSSR count). The second kappa shape index (κ2) is 44.7. The first-order chi connectivity index (χ1) is 26.6. The minimum Gasteiger partial charge on any atom is -0.462 e. The predicted octanol–water partition coefficient (Wildman–Crippen LogP) is 14.8. The van der Waals surface area contributed by atoms with Gasteiger partial charge in [-0.1, -0.05) is 177 Å². The van der Waals surface area contributed by atoms with Gasteiger partial charge in [-0.2, -0.15) is 0 Å². The number of hydrogen-bond donors (Lipinski definition) is 0. The third kappa shape index (κ3) is 42.1. The van der Waals surface area contributed by atoms with Crippen molar-refractivity contribution in [3.05, 3.63) is 72.9 Å². The number of unbranched alkanes of at least 4 members (excludes halogenated alkanes) is 17. The summed E-state index contributed by atoms with van der Waals surface area (Å²) in [7, 11) is 0. The first-order valence-electron chi connectivity index (χ1n) is 22.5. The molecule has 310 valence electrons. The summed E-state index contributed by atoms with van der Waals surface area (Å²) >= 11 is 0. The van der Waals surface area contributed by atoms with E-state index >= 15 is 0 Å². The maximum atomic E-state index is 12.6. The number of carbonyl (C=O) groups excluding carboxylic acids is 2. The summed E-state index contributed by atoms with van der Waals surface area (Å²) in [4.78, 5) is 25.1. The van der Waals surface area contributed by atoms with Crippen molar-refractivity contribution in [1.29, 1.82) is 0 Å². The fourth-order valence-electron chi connectivity index (χ4n) is 5.95. The molecule has 5 heteroatoms. The lowest BCUT2D eigenvalue weighted by Gasteiger charge is -2.18. The quantitative estimate of drug-likeness (QED) is 0.0354.